The van der Waals surface area contributed by atoms with Crippen LogP contribution in [0.5, 0.6) is 0 Å². The molecule has 2 atom stereocenters. The van der Waals surface area contributed by atoms with Crippen LogP contribution in [0.3, 0.4) is 0 Å². The molecule has 2 nitrogen and oxygen atoms in total. The van der Waals surface area contributed by atoms with Gasteiger partial charge in [0.1, 0.15) is 0 Å². The number of carbonyl (C=O) groups is 1. The second-order valence-electron chi connectivity index (χ2n) is 10.8. The van der Waals surface area contributed by atoms with Gasteiger partial charge in [0.05, 0.1) is 12.5 Å². The van der Waals surface area contributed by atoms with Crippen LogP contribution in [0.15, 0.2) is 0 Å². The van der Waals surface area contributed by atoms with Crippen LogP contribution in [0.1, 0.15) is 175 Å². The van der Waals surface area contributed by atoms with Gasteiger partial charge >= 0.3 is 5.97 Å². The first-order chi connectivity index (χ1) is 16.2. The van der Waals surface area contributed by atoms with Crippen molar-refractivity contribution in [2.75, 3.05) is 6.61 Å². The van der Waals surface area contributed by atoms with E-state index in [1.54, 1.807) is 0 Å². The lowest BCUT2D eigenvalue weighted by Gasteiger charge is -2.18. The van der Waals surface area contributed by atoms with Crippen LogP contribution in [0, 0.1) is 11.8 Å². The Hall–Kier alpha value is -0.530. The maximum absolute atomic E-state index is 12.4. The molecular weight excluding hydrogens is 404 g/mol. The number of esters is 1. The first kappa shape index (κ1) is 32.5. The van der Waals surface area contributed by atoms with Crippen LogP contribution < -0.4 is 0 Å². The molecule has 0 saturated heterocycles. The molecule has 0 spiro atoms. The fourth-order valence-corrected chi connectivity index (χ4v) is 4.86. The van der Waals surface area contributed by atoms with Gasteiger partial charge < -0.3 is 4.74 Å². The van der Waals surface area contributed by atoms with Gasteiger partial charge in [-0.1, -0.05) is 156 Å². The summed E-state index contributed by atoms with van der Waals surface area (Å²) in [6, 6.07) is 0. The van der Waals surface area contributed by atoms with Crippen LogP contribution in [0.4, 0.5) is 0 Å². The molecule has 0 N–H and O–H groups in total. The summed E-state index contributed by atoms with van der Waals surface area (Å²) in [6.45, 7) is 9.51. The standard InChI is InChI=1S/C31H62O2/c1-5-8-10-12-14-15-16-17-18-20-21-23-26-29(4)31(32)33-28-30(25-7-3)27-24-22-19-13-11-9-6-2/h29-30H,5-28H2,1-4H3. The molecule has 2 heteroatoms. The lowest BCUT2D eigenvalue weighted by Crippen LogP contribution is -2.19. The van der Waals surface area contributed by atoms with Crippen molar-refractivity contribution in [3.8, 4) is 0 Å². The summed E-state index contributed by atoms with van der Waals surface area (Å²) in [6.07, 6.45) is 30.5. The van der Waals surface area contributed by atoms with Gasteiger partial charge in [-0.2, -0.15) is 0 Å². The third kappa shape index (κ3) is 23.0. The average molecular weight is 467 g/mol. The largest absolute Gasteiger partial charge is 0.465 e. The zero-order valence-electron chi connectivity index (χ0n) is 23.4. The molecule has 33 heavy (non-hydrogen) atoms. The van der Waals surface area contributed by atoms with Gasteiger partial charge in [0.15, 0.2) is 0 Å². The highest BCUT2D eigenvalue weighted by Gasteiger charge is 2.16. The highest BCUT2D eigenvalue weighted by Crippen LogP contribution is 2.19. The van der Waals surface area contributed by atoms with Crippen LogP contribution in [-0.4, -0.2) is 12.6 Å². The van der Waals surface area contributed by atoms with Crippen molar-refractivity contribution in [2.24, 2.45) is 11.8 Å². The predicted molar refractivity (Wildman–Crippen MR) is 147 cm³/mol. The fourth-order valence-electron chi connectivity index (χ4n) is 4.86. The maximum Gasteiger partial charge on any atom is 0.308 e. The van der Waals surface area contributed by atoms with Crippen LogP contribution in [0.25, 0.3) is 0 Å². The smallest absolute Gasteiger partial charge is 0.308 e. The number of unbranched alkanes of at least 4 members (excludes halogenated alkanes) is 17. The first-order valence-electron chi connectivity index (χ1n) is 15.3. The Kier molecular flexibility index (Phi) is 25.7. The second kappa shape index (κ2) is 26.1. The van der Waals surface area contributed by atoms with E-state index in [1.165, 1.54) is 141 Å². The highest BCUT2D eigenvalue weighted by molar-refractivity contribution is 5.71. The Bertz CT molecular complexity index is 392. The van der Waals surface area contributed by atoms with E-state index in [1.807, 2.05) is 0 Å². The minimum atomic E-state index is 0.0405. The molecule has 0 rings (SSSR count). The van der Waals surface area contributed by atoms with Crippen LogP contribution in [-0.2, 0) is 9.53 Å². The fraction of sp³-hybridized carbons (Fsp3) is 0.968. The van der Waals surface area contributed by atoms with Crippen LogP contribution >= 0.6 is 0 Å². The minimum absolute atomic E-state index is 0.0405. The molecule has 0 amide bonds. The summed E-state index contributed by atoms with van der Waals surface area (Å²) in [5.74, 6) is 0.668. The molecule has 198 valence electrons. The zero-order valence-corrected chi connectivity index (χ0v) is 23.4. The second-order valence-corrected chi connectivity index (χ2v) is 10.8. The van der Waals surface area contributed by atoms with Crippen molar-refractivity contribution in [3.63, 3.8) is 0 Å². The van der Waals surface area contributed by atoms with E-state index in [4.69, 9.17) is 4.74 Å². The molecule has 0 aromatic carbocycles. The first-order valence-corrected chi connectivity index (χ1v) is 15.3. The predicted octanol–water partition coefficient (Wildman–Crippen LogP) is 10.8. The molecule has 0 aromatic rings. The number of rotatable bonds is 26. The Labute approximate surface area is 209 Å². The molecule has 0 radical (unpaired) electrons. The van der Waals surface area contributed by atoms with Gasteiger partial charge in [-0.3, -0.25) is 4.79 Å². The van der Waals surface area contributed by atoms with Crippen molar-refractivity contribution in [2.45, 2.75) is 175 Å². The number of hydrogen-bond acceptors (Lipinski definition) is 2. The van der Waals surface area contributed by atoms with Gasteiger partial charge in [-0.05, 0) is 25.2 Å². The van der Waals surface area contributed by atoms with Gasteiger partial charge in [-0.25, -0.2) is 0 Å². The average Bonchev–Trinajstić information content (AvgIpc) is 2.82. The van der Waals surface area contributed by atoms with E-state index in [9.17, 15) is 4.79 Å². The summed E-state index contributed by atoms with van der Waals surface area (Å²) in [5, 5.41) is 0. The third-order valence-electron chi connectivity index (χ3n) is 7.27. The highest BCUT2D eigenvalue weighted by atomic mass is 16.5. The summed E-state index contributed by atoms with van der Waals surface area (Å²) in [4.78, 5) is 12.4. The molecule has 0 saturated carbocycles. The summed E-state index contributed by atoms with van der Waals surface area (Å²) in [7, 11) is 0. The molecular formula is C31H62O2. The van der Waals surface area contributed by atoms with E-state index in [0.29, 0.717) is 12.5 Å². The molecule has 2 unspecified atom stereocenters. The molecule has 0 aliphatic carbocycles. The third-order valence-corrected chi connectivity index (χ3v) is 7.27. The Morgan fingerprint density at radius 2 is 0.909 bits per heavy atom. The monoisotopic (exact) mass is 466 g/mol. The molecule has 0 heterocycles. The van der Waals surface area contributed by atoms with Gasteiger partial charge in [0, 0.05) is 0 Å². The van der Waals surface area contributed by atoms with E-state index in [0.717, 1.165) is 6.42 Å². The summed E-state index contributed by atoms with van der Waals surface area (Å²) >= 11 is 0. The van der Waals surface area contributed by atoms with Crippen molar-refractivity contribution in [1.29, 1.82) is 0 Å². The van der Waals surface area contributed by atoms with Crippen molar-refractivity contribution >= 4 is 5.97 Å². The Balaban J connectivity index is 3.67. The Morgan fingerprint density at radius 3 is 1.33 bits per heavy atom. The van der Waals surface area contributed by atoms with Crippen molar-refractivity contribution < 1.29 is 9.53 Å². The van der Waals surface area contributed by atoms with Gasteiger partial charge in [-0.15, -0.1) is 0 Å². The Morgan fingerprint density at radius 1 is 0.515 bits per heavy atom. The number of carbonyl (C=O) groups excluding carboxylic acids is 1. The maximum atomic E-state index is 12.4. The molecule has 0 fully saturated rings. The molecule has 0 aliphatic heterocycles. The molecule has 0 aromatic heterocycles. The lowest BCUT2D eigenvalue weighted by atomic mass is 9.96. The van der Waals surface area contributed by atoms with Crippen molar-refractivity contribution in [3.05, 3.63) is 0 Å². The number of hydrogen-bond donors (Lipinski definition) is 0. The van der Waals surface area contributed by atoms with Gasteiger partial charge in [0.25, 0.3) is 0 Å². The van der Waals surface area contributed by atoms with Crippen LogP contribution in [0.2, 0.25) is 0 Å². The quantitative estimate of drug-likeness (QED) is 0.0935. The van der Waals surface area contributed by atoms with E-state index < -0.39 is 0 Å². The summed E-state index contributed by atoms with van der Waals surface area (Å²) in [5.41, 5.74) is 0. The number of ether oxygens (including phenoxy) is 1. The summed E-state index contributed by atoms with van der Waals surface area (Å²) < 4.78 is 5.75. The van der Waals surface area contributed by atoms with E-state index in [2.05, 4.69) is 27.7 Å². The van der Waals surface area contributed by atoms with E-state index >= 15 is 0 Å². The van der Waals surface area contributed by atoms with Gasteiger partial charge in [0.2, 0.25) is 0 Å². The molecule has 0 bridgehead atoms. The zero-order chi connectivity index (χ0) is 24.4. The SMILES string of the molecule is CCCCCCCCCCCCCCC(C)C(=O)OCC(CCC)CCCCCCCCC. The minimum Gasteiger partial charge on any atom is -0.465 e. The van der Waals surface area contributed by atoms with E-state index in [-0.39, 0.29) is 11.9 Å². The van der Waals surface area contributed by atoms with Crippen molar-refractivity contribution in [1.82, 2.24) is 0 Å². The lowest BCUT2D eigenvalue weighted by molar-refractivity contribution is -0.149. The topological polar surface area (TPSA) is 26.3 Å². The normalized spacial score (nSPS) is 13.2. The molecule has 0 aliphatic rings.